The van der Waals surface area contributed by atoms with Crippen molar-refractivity contribution in [2.24, 2.45) is 35.5 Å². The molecule has 3 saturated heterocycles. The van der Waals surface area contributed by atoms with Crippen LogP contribution in [0.15, 0.2) is 0 Å². The molecule has 284 valence electrons. The van der Waals surface area contributed by atoms with Crippen LogP contribution < -0.4 is 0 Å². The van der Waals surface area contributed by atoms with E-state index in [1.54, 1.807) is 33.2 Å². The maximum absolute atomic E-state index is 14.4. The first-order valence-electron chi connectivity index (χ1n) is 18.1. The van der Waals surface area contributed by atoms with Crippen LogP contribution in [0, 0.1) is 35.5 Å². The fourth-order valence-corrected chi connectivity index (χ4v) is 9.02. The zero-order valence-corrected chi connectivity index (χ0v) is 32.3. The molecule has 0 aromatic heterocycles. The zero-order chi connectivity index (χ0) is 37.1. The standard InChI is InChI=1S/C37H65NO11/c1-14-28-37(10)31(38(34(42)49-37)15-16-46-18-17-43-11)24(5)30(39)21(2)19-35(8,44-12)25(6)22(3)29(23(4)33(41)48-28)27-20-36(9,45-13)32(40)26(7)47-27/h21-29,31-32,40H,14-20H2,1-13H3/t21-,22-,23-,24+,25-,26+,27?,28-,29+,31-,32+,35-,36-,37-/m1/s1. The molecule has 0 aromatic rings. The highest BCUT2D eigenvalue weighted by Crippen LogP contribution is 2.47. The van der Waals surface area contributed by atoms with Gasteiger partial charge >= 0.3 is 12.1 Å². The molecule has 0 radical (unpaired) electrons. The Morgan fingerprint density at radius 2 is 1.51 bits per heavy atom. The number of ketones is 1. The summed E-state index contributed by atoms with van der Waals surface area (Å²) < 4.78 is 41.9. The molecule has 0 bridgehead atoms. The second-order valence-electron chi connectivity index (χ2n) is 15.5. The van der Waals surface area contributed by atoms with Crippen LogP contribution in [-0.4, -0.2) is 123 Å². The average molecular weight is 700 g/mol. The van der Waals surface area contributed by atoms with Gasteiger partial charge in [0, 0.05) is 52.0 Å². The first-order valence-corrected chi connectivity index (χ1v) is 18.1. The van der Waals surface area contributed by atoms with Gasteiger partial charge in [0.2, 0.25) is 0 Å². The molecular weight excluding hydrogens is 634 g/mol. The number of amides is 1. The topological polar surface area (TPSA) is 139 Å². The Labute approximate surface area is 294 Å². The Balaban J connectivity index is 2.14. The quantitative estimate of drug-likeness (QED) is 0.252. The van der Waals surface area contributed by atoms with Crippen LogP contribution in [0.4, 0.5) is 4.79 Å². The highest BCUT2D eigenvalue weighted by molar-refractivity contribution is 5.85. The predicted molar refractivity (Wildman–Crippen MR) is 183 cm³/mol. The number of esters is 1. The molecule has 12 nitrogen and oxygen atoms in total. The predicted octanol–water partition coefficient (Wildman–Crippen LogP) is 4.67. The van der Waals surface area contributed by atoms with E-state index in [2.05, 4.69) is 13.8 Å². The third kappa shape index (κ3) is 8.30. The highest BCUT2D eigenvalue weighted by Gasteiger charge is 2.60. The largest absolute Gasteiger partial charge is 0.458 e. The van der Waals surface area contributed by atoms with Gasteiger partial charge in [-0.3, -0.25) is 14.5 Å². The van der Waals surface area contributed by atoms with Crippen LogP contribution in [-0.2, 0) is 42.7 Å². The van der Waals surface area contributed by atoms with Gasteiger partial charge in [0.25, 0.3) is 0 Å². The number of rotatable bonds is 10. The summed E-state index contributed by atoms with van der Waals surface area (Å²) in [7, 11) is 4.83. The van der Waals surface area contributed by atoms with Gasteiger partial charge in [-0.25, -0.2) is 4.79 Å². The van der Waals surface area contributed by atoms with E-state index in [1.165, 1.54) is 0 Å². The molecule has 3 fully saturated rings. The molecule has 1 N–H and O–H groups in total. The Morgan fingerprint density at radius 1 is 0.878 bits per heavy atom. The van der Waals surface area contributed by atoms with Crippen molar-refractivity contribution in [3.05, 3.63) is 0 Å². The summed E-state index contributed by atoms with van der Waals surface area (Å²) in [5, 5.41) is 11.0. The van der Waals surface area contributed by atoms with Crippen LogP contribution in [0.25, 0.3) is 0 Å². The molecule has 14 atom stereocenters. The Bertz CT molecular complexity index is 1140. The van der Waals surface area contributed by atoms with E-state index >= 15 is 0 Å². The first-order chi connectivity index (χ1) is 22.9. The first kappa shape index (κ1) is 41.6. The van der Waals surface area contributed by atoms with Gasteiger partial charge in [0.15, 0.2) is 5.60 Å². The zero-order valence-electron chi connectivity index (χ0n) is 32.3. The molecule has 0 aromatic carbocycles. The number of carbonyl (C=O) groups is 3. The summed E-state index contributed by atoms with van der Waals surface area (Å²) in [6.07, 6.45) is -2.12. The summed E-state index contributed by atoms with van der Waals surface area (Å²) in [6.45, 7) is 20.4. The lowest BCUT2D eigenvalue weighted by Gasteiger charge is -2.51. The number of hydrogen-bond donors (Lipinski definition) is 1. The number of nitrogens with zero attached hydrogens (tertiary/aromatic N) is 1. The van der Waals surface area contributed by atoms with Crippen molar-refractivity contribution in [2.75, 3.05) is 47.7 Å². The summed E-state index contributed by atoms with van der Waals surface area (Å²) in [6, 6.07) is -0.718. The summed E-state index contributed by atoms with van der Waals surface area (Å²) >= 11 is 0. The number of fused-ring (bicyclic) bond motifs is 1. The second kappa shape index (κ2) is 16.7. The smallest absolute Gasteiger partial charge is 0.411 e. The van der Waals surface area contributed by atoms with Crippen molar-refractivity contribution in [1.82, 2.24) is 4.90 Å². The number of carbonyl (C=O) groups excluding carboxylic acids is 3. The van der Waals surface area contributed by atoms with Crippen molar-refractivity contribution in [2.45, 2.75) is 136 Å². The highest BCUT2D eigenvalue weighted by atomic mass is 16.6. The minimum Gasteiger partial charge on any atom is -0.458 e. The monoisotopic (exact) mass is 699 g/mol. The van der Waals surface area contributed by atoms with Crippen LogP contribution in [0.3, 0.4) is 0 Å². The lowest BCUT2D eigenvalue weighted by Crippen LogP contribution is -2.60. The molecule has 0 aliphatic carbocycles. The number of methoxy groups -OCH3 is 3. The van der Waals surface area contributed by atoms with Crippen molar-refractivity contribution >= 4 is 17.8 Å². The summed E-state index contributed by atoms with van der Waals surface area (Å²) in [4.78, 5) is 43.9. The fraction of sp³-hybridized carbons (Fsp3) is 0.919. The second-order valence-corrected chi connectivity index (χ2v) is 15.5. The van der Waals surface area contributed by atoms with E-state index in [0.717, 1.165) is 0 Å². The molecule has 3 aliphatic heterocycles. The van der Waals surface area contributed by atoms with Gasteiger partial charge in [-0.1, -0.05) is 41.5 Å². The lowest BCUT2D eigenvalue weighted by atomic mass is 9.65. The van der Waals surface area contributed by atoms with E-state index < -0.39 is 77.1 Å². The third-order valence-corrected chi connectivity index (χ3v) is 12.5. The molecule has 12 heteroatoms. The van der Waals surface area contributed by atoms with Crippen LogP contribution >= 0.6 is 0 Å². The van der Waals surface area contributed by atoms with Crippen LogP contribution in [0.2, 0.25) is 0 Å². The number of aliphatic hydroxyl groups is 1. The molecule has 3 aliphatic rings. The van der Waals surface area contributed by atoms with Gasteiger partial charge < -0.3 is 38.3 Å². The summed E-state index contributed by atoms with van der Waals surface area (Å²) in [5.41, 5.74) is -2.96. The van der Waals surface area contributed by atoms with E-state index in [4.69, 9.17) is 33.2 Å². The van der Waals surface area contributed by atoms with E-state index in [9.17, 15) is 19.5 Å². The van der Waals surface area contributed by atoms with Crippen LogP contribution in [0.5, 0.6) is 0 Å². The lowest BCUT2D eigenvalue weighted by molar-refractivity contribution is -0.236. The third-order valence-electron chi connectivity index (χ3n) is 12.5. The molecular formula is C37H65NO11. The normalized spacial score (nSPS) is 44.2. The van der Waals surface area contributed by atoms with E-state index in [-0.39, 0.29) is 36.7 Å². The van der Waals surface area contributed by atoms with Gasteiger partial charge in [-0.2, -0.15) is 0 Å². The van der Waals surface area contributed by atoms with Gasteiger partial charge in [0.05, 0.1) is 55.2 Å². The van der Waals surface area contributed by atoms with Crippen LogP contribution in [0.1, 0.15) is 88.5 Å². The van der Waals surface area contributed by atoms with Crippen molar-refractivity contribution in [3.8, 4) is 0 Å². The molecule has 1 amide bonds. The Kier molecular flexibility index (Phi) is 14.2. The minimum absolute atomic E-state index is 0.0274. The van der Waals surface area contributed by atoms with Crippen molar-refractivity contribution in [1.29, 1.82) is 0 Å². The van der Waals surface area contributed by atoms with E-state index in [0.29, 0.717) is 32.5 Å². The number of ether oxygens (including phenoxy) is 7. The van der Waals surface area contributed by atoms with Crippen molar-refractivity contribution < 1.29 is 52.6 Å². The van der Waals surface area contributed by atoms with Crippen molar-refractivity contribution in [3.63, 3.8) is 0 Å². The molecule has 3 heterocycles. The number of cyclic esters (lactones) is 1. The molecule has 0 saturated carbocycles. The van der Waals surface area contributed by atoms with E-state index in [1.807, 2.05) is 48.5 Å². The number of hydrogen-bond acceptors (Lipinski definition) is 11. The average Bonchev–Trinajstić information content (AvgIpc) is 3.33. The summed E-state index contributed by atoms with van der Waals surface area (Å²) in [5.74, 6) is -2.84. The number of aliphatic hydroxyl groups excluding tert-OH is 1. The van der Waals surface area contributed by atoms with Gasteiger partial charge in [-0.15, -0.1) is 0 Å². The van der Waals surface area contributed by atoms with Gasteiger partial charge in [0.1, 0.15) is 18.0 Å². The molecule has 0 spiro atoms. The molecule has 1 unspecified atom stereocenters. The Morgan fingerprint density at radius 3 is 2.08 bits per heavy atom. The minimum atomic E-state index is -1.32. The maximum atomic E-state index is 14.4. The SMILES string of the molecule is CC[C@H]1OC(=O)[C@H](C)[C@@H](C2C[C@@](C)(OC)[C@@H](O)[C@H](C)O2)[C@H](C)[C@@H](C)[C@](C)(OC)C[C@@H](C)C(=O)[C@H](C)[C@H]2N(CCOCCOC)C(=O)O[C@]12C. The Hall–Kier alpha value is -1.83. The number of Topliss-reactive ketones (excluding diaryl/α,β-unsaturated/α-hetero) is 1. The fourth-order valence-electron chi connectivity index (χ4n) is 9.02. The molecule has 49 heavy (non-hydrogen) atoms. The van der Waals surface area contributed by atoms with Gasteiger partial charge in [-0.05, 0) is 52.4 Å². The maximum Gasteiger partial charge on any atom is 0.411 e. The molecule has 3 rings (SSSR count).